The minimum absolute atomic E-state index is 0.390. The van der Waals surface area contributed by atoms with Crippen LogP contribution in [0.5, 0.6) is 0 Å². The molecular weight excluding hydrogens is 324 g/mol. The van der Waals surface area contributed by atoms with Gasteiger partial charge in [-0.15, -0.1) is 11.8 Å². The number of morpholine rings is 1. The Morgan fingerprint density at radius 1 is 1.35 bits per heavy atom. The minimum atomic E-state index is -1.43. The summed E-state index contributed by atoms with van der Waals surface area (Å²) in [6, 6.07) is -0.938. The zero-order chi connectivity index (χ0) is 16.9. The van der Waals surface area contributed by atoms with Crippen LogP contribution < -0.4 is 0 Å². The molecule has 0 saturated carbocycles. The average molecular weight is 344 g/mol. The zero-order valence-electron chi connectivity index (χ0n) is 13.0. The number of hydrogen-bond acceptors (Lipinski definition) is 6. The number of ether oxygens (including phenoxy) is 1. The van der Waals surface area contributed by atoms with Crippen LogP contribution in [0.2, 0.25) is 0 Å². The molecule has 0 aromatic heterocycles. The molecule has 3 saturated heterocycles. The summed E-state index contributed by atoms with van der Waals surface area (Å²) in [6.07, 6.45) is -1.43. The molecule has 128 valence electrons. The van der Waals surface area contributed by atoms with Crippen molar-refractivity contribution in [1.29, 1.82) is 0 Å². The first-order chi connectivity index (χ1) is 10.8. The first kappa shape index (κ1) is 16.5. The van der Waals surface area contributed by atoms with E-state index in [0.717, 1.165) is 0 Å². The van der Waals surface area contributed by atoms with Gasteiger partial charge < -0.3 is 24.7 Å². The molecular formula is C14H20N2O6S. The molecule has 2 N–H and O–H groups in total. The highest BCUT2D eigenvalue weighted by atomic mass is 32.2. The molecule has 0 bridgehead atoms. The van der Waals surface area contributed by atoms with Crippen LogP contribution in [0, 0.1) is 5.92 Å². The topological polar surface area (TPSA) is 107 Å². The van der Waals surface area contributed by atoms with Gasteiger partial charge in [-0.05, 0) is 13.8 Å². The summed E-state index contributed by atoms with van der Waals surface area (Å²) in [5, 5.41) is 19.3. The van der Waals surface area contributed by atoms with Gasteiger partial charge in [0.1, 0.15) is 18.1 Å². The van der Waals surface area contributed by atoms with Crippen LogP contribution in [0.3, 0.4) is 0 Å². The Balaban J connectivity index is 1.74. The third-order valence-electron chi connectivity index (χ3n) is 4.63. The molecule has 23 heavy (non-hydrogen) atoms. The number of carboxylic acids is 1. The lowest BCUT2D eigenvalue weighted by Gasteiger charge is -2.45. The molecule has 0 aromatic carbocycles. The molecule has 4 atom stereocenters. The molecule has 0 spiro atoms. The first-order valence-electron chi connectivity index (χ1n) is 7.53. The van der Waals surface area contributed by atoms with E-state index in [9.17, 15) is 24.6 Å². The standard InChI is InChI=1S/C14H20N2O6S/c1-14(2)9(13(20)21)16-10(18)7(12(16)23-14)8(17)11(19)15-3-5-22-6-4-15/h7-9,12,17H,3-6H2,1-2H3,(H,20,21)/t7-,8-,9+,12-/m1/s1. The molecule has 0 aromatic rings. The smallest absolute Gasteiger partial charge is 0.327 e. The second kappa shape index (κ2) is 5.64. The number of aliphatic hydroxyl groups is 1. The summed E-state index contributed by atoms with van der Waals surface area (Å²) in [6.45, 7) is 5.12. The van der Waals surface area contributed by atoms with Gasteiger partial charge >= 0.3 is 5.97 Å². The molecule has 9 heteroatoms. The summed E-state index contributed by atoms with van der Waals surface area (Å²) >= 11 is 1.33. The van der Waals surface area contributed by atoms with Crippen molar-refractivity contribution in [3.05, 3.63) is 0 Å². The predicted octanol–water partition coefficient (Wildman–Crippen LogP) is -1.03. The van der Waals surface area contributed by atoms with Gasteiger partial charge in [-0.1, -0.05) is 0 Å². The van der Waals surface area contributed by atoms with Crippen molar-refractivity contribution in [2.45, 2.75) is 36.1 Å². The number of nitrogens with zero attached hydrogens (tertiary/aromatic N) is 2. The van der Waals surface area contributed by atoms with Gasteiger partial charge in [0.25, 0.3) is 5.91 Å². The average Bonchev–Trinajstić information content (AvgIpc) is 2.75. The number of thioether (sulfide) groups is 1. The normalized spacial score (nSPS) is 33.9. The first-order valence-corrected chi connectivity index (χ1v) is 8.41. The summed E-state index contributed by atoms with van der Waals surface area (Å²) < 4.78 is 4.50. The molecule has 0 unspecified atom stereocenters. The molecule has 3 heterocycles. The van der Waals surface area contributed by atoms with Crippen LogP contribution in [0.15, 0.2) is 0 Å². The molecule has 3 aliphatic heterocycles. The fourth-order valence-corrected chi connectivity index (χ4v) is 5.17. The van der Waals surface area contributed by atoms with E-state index in [1.165, 1.54) is 21.6 Å². The predicted molar refractivity (Wildman–Crippen MR) is 80.6 cm³/mol. The number of hydrogen-bond donors (Lipinski definition) is 2. The number of fused-ring (bicyclic) bond motifs is 1. The number of carboxylic acid groups (broad SMARTS) is 1. The van der Waals surface area contributed by atoms with E-state index in [4.69, 9.17) is 4.74 Å². The van der Waals surface area contributed by atoms with Crippen molar-refractivity contribution in [3.8, 4) is 0 Å². The largest absolute Gasteiger partial charge is 0.480 e. The highest BCUT2D eigenvalue weighted by molar-refractivity contribution is 8.01. The number of rotatable bonds is 3. The maximum Gasteiger partial charge on any atom is 0.327 e. The van der Waals surface area contributed by atoms with Gasteiger partial charge in [-0.2, -0.15) is 0 Å². The van der Waals surface area contributed by atoms with E-state index >= 15 is 0 Å². The Morgan fingerprint density at radius 3 is 2.52 bits per heavy atom. The van der Waals surface area contributed by atoms with E-state index in [1.54, 1.807) is 13.8 Å². The van der Waals surface area contributed by atoms with Crippen LogP contribution in [0.25, 0.3) is 0 Å². The molecule has 2 amide bonds. The summed E-state index contributed by atoms with van der Waals surface area (Å²) in [4.78, 5) is 39.0. The van der Waals surface area contributed by atoms with Gasteiger partial charge in [0.05, 0.1) is 18.6 Å². The van der Waals surface area contributed by atoms with Gasteiger partial charge in [-0.3, -0.25) is 9.59 Å². The molecule has 3 fully saturated rings. The van der Waals surface area contributed by atoms with E-state index in [2.05, 4.69) is 0 Å². The molecule has 3 rings (SSSR count). The number of carbonyl (C=O) groups excluding carboxylic acids is 2. The second-order valence-corrected chi connectivity index (χ2v) is 8.28. The lowest BCUT2D eigenvalue weighted by Crippen LogP contribution is -2.67. The van der Waals surface area contributed by atoms with Crippen molar-refractivity contribution < 1.29 is 29.3 Å². The van der Waals surface area contributed by atoms with Crippen LogP contribution in [0.4, 0.5) is 0 Å². The zero-order valence-corrected chi connectivity index (χ0v) is 13.8. The monoisotopic (exact) mass is 344 g/mol. The lowest BCUT2D eigenvalue weighted by atomic mass is 9.87. The highest BCUT2D eigenvalue weighted by Crippen LogP contribution is 2.54. The molecule has 0 radical (unpaired) electrons. The number of aliphatic hydroxyl groups excluding tert-OH is 1. The van der Waals surface area contributed by atoms with Crippen LogP contribution in [-0.2, 0) is 19.1 Å². The summed E-state index contributed by atoms with van der Waals surface area (Å²) in [5.74, 6) is -2.89. The van der Waals surface area contributed by atoms with Gasteiger partial charge in [0.15, 0.2) is 0 Å². The van der Waals surface area contributed by atoms with Crippen molar-refractivity contribution in [2.24, 2.45) is 5.92 Å². The summed E-state index contributed by atoms with van der Waals surface area (Å²) in [5.41, 5.74) is 0. The van der Waals surface area contributed by atoms with Gasteiger partial charge in [-0.25, -0.2) is 4.79 Å². The Bertz CT molecular complexity index is 547. The lowest BCUT2D eigenvalue weighted by molar-refractivity contribution is -0.174. The van der Waals surface area contributed by atoms with Crippen LogP contribution in [-0.4, -0.2) is 86.4 Å². The third-order valence-corrected chi connectivity index (χ3v) is 6.22. The second-order valence-electron chi connectivity index (χ2n) is 6.51. The maximum absolute atomic E-state index is 12.4. The van der Waals surface area contributed by atoms with Crippen molar-refractivity contribution in [2.75, 3.05) is 26.3 Å². The van der Waals surface area contributed by atoms with Crippen molar-refractivity contribution in [1.82, 2.24) is 9.80 Å². The minimum Gasteiger partial charge on any atom is -0.480 e. The fourth-order valence-electron chi connectivity index (χ4n) is 3.46. The highest BCUT2D eigenvalue weighted by Gasteiger charge is 2.66. The number of aliphatic carboxylic acids is 1. The number of amides is 2. The van der Waals surface area contributed by atoms with Crippen LogP contribution >= 0.6 is 11.8 Å². The Morgan fingerprint density at radius 2 is 1.96 bits per heavy atom. The van der Waals surface area contributed by atoms with E-state index in [-0.39, 0.29) is 0 Å². The number of carbonyl (C=O) groups is 3. The maximum atomic E-state index is 12.4. The molecule has 8 nitrogen and oxygen atoms in total. The van der Waals surface area contributed by atoms with Crippen molar-refractivity contribution in [3.63, 3.8) is 0 Å². The van der Waals surface area contributed by atoms with E-state index in [1.807, 2.05) is 0 Å². The van der Waals surface area contributed by atoms with E-state index in [0.29, 0.717) is 26.3 Å². The quantitative estimate of drug-likeness (QED) is 0.630. The number of β-lactam (4-membered cyclic amide) rings is 1. The molecule has 3 aliphatic rings. The Kier molecular flexibility index (Phi) is 4.06. The Labute approximate surface area is 137 Å². The SMILES string of the molecule is CC1(C)S[C@@H]2[C@H]([C@@H](O)C(=O)N3CCOCC3)C(=O)N2[C@H]1C(=O)O. The van der Waals surface area contributed by atoms with Crippen molar-refractivity contribution >= 4 is 29.5 Å². The summed E-state index contributed by atoms with van der Waals surface area (Å²) in [7, 11) is 0. The fraction of sp³-hybridized carbons (Fsp3) is 0.786. The third kappa shape index (κ3) is 2.50. The van der Waals surface area contributed by atoms with Crippen LogP contribution in [0.1, 0.15) is 13.8 Å². The van der Waals surface area contributed by atoms with E-state index < -0.39 is 46.0 Å². The molecule has 0 aliphatic carbocycles. The Hall–Kier alpha value is -1.32. The van der Waals surface area contributed by atoms with Gasteiger partial charge in [0, 0.05) is 17.8 Å². The van der Waals surface area contributed by atoms with Gasteiger partial charge in [0.2, 0.25) is 5.91 Å².